The first-order valence-corrected chi connectivity index (χ1v) is 7.43. The topological polar surface area (TPSA) is 57.4 Å². The smallest absolute Gasteiger partial charge is 0.261 e. The molecule has 9 heteroatoms. The molecule has 120 valence electrons. The number of nitrogens with zero attached hydrogens (tertiary/aromatic N) is 2. The molecule has 2 aromatic rings. The zero-order chi connectivity index (χ0) is 16.1. The lowest BCUT2D eigenvalue weighted by molar-refractivity contribution is 0.00170. The number of ether oxygens (including phenoxy) is 2. The van der Waals surface area contributed by atoms with Gasteiger partial charge in [-0.1, -0.05) is 32.7 Å². The monoisotopic (exact) mass is 396 g/mol. The van der Waals surface area contributed by atoms with Crippen molar-refractivity contribution in [2.75, 3.05) is 6.61 Å². The van der Waals surface area contributed by atoms with Crippen molar-refractivity contribution in [2.45, 2.75) is 26.1 Å². The van der Waals surface area contributed by atoms with Crippen LogP contribution in [0.5, 0.6) is 5.75 Å². The highest BCUT2D eigenvalue weighted by molar-refractivity contribution is 9.10. The quantitative estimate of drug-likeness (QED) is 0.693. The molecule has 0 N–H and O–H groups in total. The molecule has 1 aromatic carbocycles. The second-order valence-electron chi connectivity index (χ2n) is 4.29. The third-order valence-electron chi connectivity index (χ3n) is 2.51. The Morgan fingerprint density at radius 1 is 1.41 bits per heavy atom. The van der Waals surface area contributed by atoms with Crippen LogP contribution < -0.4 is 4.74 Å². The molecular formula is C13H12BrClF2N2O3. The molecule has 0 fully saturated rings. The van der Waals surface area contributed by atoms with Gasteiger partial charge in [0.2, 0.25) is 5.82 Å². The summed E-state index contributed by atoms with van der Waals surface area (Å²) in [7, 11) is 0. The summed E-state index contributed by atoms with van der Waals surface area (Å²) in [4.78, 5) is 4.03. The van der Waals surface area contributed by atoms with E-state index in [0.717, 1.165) is 4.47 Å². The highest BCUT2D eigenvalue weighted by Gasteiger charge is 2.17. The number of benzene rings is 1. The van der Waals surface area contributed by atoms with Gasteiger partial charge in [-0.05, 0) is 25.1 Å². The number of aromatic nitrogens is 2. The molecule has 0 aliphatic carbocycles. The van der Waals surface area contributed by atoms with Crippen LogP contribution in [-0.4, -0.2) is 23.2 Å². The first-order chi connectivity index (χ1) is 10.5. The molecule has 1 atom stereocenters. The minimum absolute atomic E-state index is 0.105. The lowest BCUT2D eigenvalue weighted by Gasteiger charge is -2.12. The third-order valence-corrected chi connectivity index (χ3v) is 3.30. The van der Waals surface area contributed by atoms with E-state index in [4.69, 9.17) is 25.6 Å². The highest BCUT2D eigenvalue weighted by Crippen LogP contribution is 2.30. The van der Waals surface area contributed by atoms with Crippen LogP contribution in [0, 0.1) is 0 Å². The van der Waals surface area contributed by atoms with Crippen molar-refractivity contribution in [2.24, 2.45) is 0 Å². The van der Waals surface area contributed by atoms with E-state index < -0.39 is 19.1 Å². The molecule has 0 bridgehead atoms. The number of hydrogen-bond acceptors (Lipinski definition) is 5. The molecule has 22 heavy (non-hydrogen) atoms. The predicted molar refractivity (Wildman–Crippen MR) is 78.2 cm³/mol. The Hall–Kier alpha value is -1.25. The van der Waals surface area contributed by atoms with Crippen molar-refractivity contribution in [3.63, 3.8) is 0 Å². The minimum Gasteiger partial charge on any atom is -0.481 e. The number of halogens is 4. The van der Waals surface area contributed by atoms with Crippen LogP contribution in [0.1, 0.15) is 24.7 Å². The molecular weight excluding hydrogens is 386 g/mol. The summed E-state index contributed by atoms with van der Waals surface area (Å²) in [6.07, 6.45) is -3.06. The SMILES string of the molecule is CC(Oc1ccc(Br)cc1Cl)c1noc(COCC(F)F)n1. The molecule has 1 aromatic heterocycles. The largest absolute Gasteiger partial charge is 0.481 e. The molecule has 0 saturated carbocycles. The van der Waals surface area contributed by atoms with Crippen molar-refractivity contribution in [1.82, 2.24) is 10.1 Å². The fourth-order valence-corrected chi connectivity index (χ4v) is 2.26. The maximum absolute atomic E-state index is 12.0. The zero-order valence-corrected chi connectivity index (χ0v) is 13.8. The predicted octanol–water partition coefficient (Wildman–Crippen LogP) is 4.41. The van der Waals surface area contributed by atoms with E-state index in [1.165, 1.54) is 0 Å². The summed E-state index contributed by atoms with van der Waals surface area (Å²) < 4.78 is 40.0. The molecule has 5 nitrogen and oxygen atoms in total. The zero-order valence-electron chi connectivity index (χ0n) is 11.4. The number of hydrogen-bond donors (Lipinski definition) is 0. The van der Waals surface area contributed by atoms with Crippen LogP contribution >= 0.6 is 27.5 Å². The lowest BCUT2D eigenvalue weighted by Crippen LogP contribution is -2.06. The van der Waals surface area contributed by atoms with Crippen LogP contribution in [0.2, 0.25) is 5.02 Å². The van der Waals surface area contributed by atoms with Crippen molar-refractivity contribution < 1.29 is 22.8 Å². The molecule has 0 aliphatic rings. The van der Waals surface area contributed by atoms with E-state index in [-0.39, 0.29) is 18.3 Å². The standard InChI is InChI=1S/C13H12BrClF2N2O3/c1-7(21-10-3-2-8(14)4-9(10)15)13-18-12(22-19-13)6-20-5-11(16)17/h2-4,7,11H,5-6H2,1H3. The van der Waals surface area contributed by atoms with Crippen molar-refractivity contribution in [3.05, 3.63) is 39.4 Å². The van der Waals surface area contributed by atoms with Gasteiger partial charge < -0.3 is 14.0 Å². The first kappa shape index (κ1) is 17.1. The van der Waals surface area contributed by atoms with Gasteiger partial charge >= 0.3 is 0 Å². The van der Waals surface area contributed by atoms with Crippen LogP contribution in [0.15, 0.2) is 27.2 Å². The Morgan fingerprint density at radius 2 is 2.18 bits per heavy atom. The Kier molecular flexibility index (Phi) is 6.10. The summed E-state index contributed by atoms with van der Waals surface area (Å²) in [5.41, 5.74) is 0. The van der Waals surface area contributed by atoms with E-state index in [1.54, 1.807) is 25.1 Å². The highest BCUT2D eigenvalue weighted by atomic mass is 79.9. The maximum atomic E-state index is 12.0. The first-order valence-electron chi connectivity index (χ1n) is 6.25. The normalized spacial score (nSPS) is 12.6. The average molecular weight is 398 g/mol. The number of rotatable bonds is 7. The molecule has 2 rings (SSSR count). The van der Waals surface area contributed by atoms with Crippen LogP contribution in [0.4, 0.5) is 8.78 Å². The minimum atomic E-state index is -2.54. The Bertz CT molecular complexity index is 627. The van der Waals surface area contributed by atoms with Gasteiger partial charge in [-0.25, -0.2) is 8.78 Å². The van der Waals surface area contributed by atoms with E-state index in [9.17, 15) is 8.78 Å². The van der Waals surface area contributed by atoms with Crippen LogP contribution in [0.25, 0.3) is 0 Å². The third kappa shape index (κ3) is 4.89. The van der Waals surface area contributed by atoms with Gasteiger partial charge in [-0.3, -0.25) is 0 Å². The summed E-state index contributed by atoms with van der Waals surface area (Å²) in [5, 5.41) is 4.16. The summed E-state index contributed by atoms with van der Waals surface area (Å²) >= 11 is 9.35. The van der Waals surface area contributed by atoms with Gasteiger partial charge in [-0.15, -0.1) is 0 Å². The van der Waals surface area contributed by atoms with Crippen LogP contribution in [-0.2, 0) is 11.3 Å². The second kappa shape index (κ2) is 7.85. The van der Waals surface area contributed by atoms with Crippen molar-refractivity contribution in [3.8, 4) is 5.75 Å². The van der Waals surface area contributed by atoms with Gasteiger partial charge in [0.05, 0.1) is 5.02 Å². The molecule has 0 amide bonds. The van der Waals surface area contributed by atoms with E-state index in [1.807, 2.05) is 0 Å². The summed E-state index contributed by atoms with van der Waals surface area (Å²) in [6.45, 7) is 0.856. The van der Waals surface area contributed by atoms with Crippen molar-refractivity contribution >= 4 is 27.5 Å². The Labute approximate surface area is 138 Å². The summed E-state index contributed by atoms with van der Waals surface area (Å²) in [5.74, 6) is 0.848. The van der Waals surface area contributed by atoms with Gasteiger partial charge in [0.15, 0.2) is 6.10 Å². The molecule has 0 saturated heterocycles. The van der Waals surface area contributed by atoms with Gasteiger partial charge in [0.1, 0.15) is 19.0 Å². The molecule has 0 spiro atoms. The maximum Gasteiger partial charge on any atom is 0.261 e. The fourth-order valence-electron chi connectivity index (χ4n) is 1.54. The molecule has 1 heterocycles. The van der Waals surface area contributed by atoms with E-state index in [0.29, 0.717) is 10.8 Å². The van der Waals surface area contributed by atoms with E-state index >= 15 is 0 Å². The average Bonchev–Trinajstić information content (AvgIpc) is 2.90. The fraction of sp³-hybridized carbons (Fsp3) is 0.385. The van der Waals surface area contributed by atoms with E-state index in [2.05, 4.69) is 26.1 Å². The molecule has 0 aliphatic heterocycles. The molecule has 0 radical (unpaired) electrons. The van der Waals surface area contributed by atoms with Gasteiger partial charge in [0, 0.05) is 4.47 Å². The Balaban J connectivity index is 1.95. The van der Waals surface area contributed by atoms with Gasteiger partial charge in [0.25, 0.3) is 12.3 Å². The lowest BCUT2D eigenvalue weighted by atomic mass is 10.3. The molecule has 1 unspecified atom stereocenters. The number of alkyl halides is 2. The van der Waals surface area contributed by atoms with Gasteiger partial charge in [-0.2, -0.15) is 4.98 Å². The summed E-state index contributed by atoms with van der Waals surface area (Å²) in [6, 6.07) is 5.19. The second-order valence-corrected chi connectivity index (χ2v) is 5.61. The van der Waals surface area contributed by atoms with Crippen LogP contribution in [0.3, 0.4) is 0 Å². The van der Waals surface area contributed by atoms with Crippen molar-refractivity contribution in [1.29, 1.82) is 0 Å². The Morgan fingerprint density at radius 3 is 2.86 bits per heavy atom.